The second-order valence-corrected chi connectivity index (χ2v) is 9.50. The van der Waals surface area contributed by atoms with Gasteiger partial charge < -0.3 is 14.6 Å². The van der Waals surface area contributed by atoms with Crippen molar-refractivity contribution in [2.24, 2.45) is 0 Å². The molecule has 0 bridgehead atoms. The molecule has 0 aliphatic carbocycles. The van der Waals surface area contributed by atoms with Crippen molar-refractivity contribution in [3.05, 3.63) is 95.1 Å². The Morgan fingerprint density at radius 1 is 0.917 bits per heavy atom. The number of hydrogen-bond acceptors (Lipinski definition) is 5. The average molecular weight is 494 g/mol. The van der Waals surface area contributed by atoms with Crippen LogP contribution in [0, 0.1) is 11.6 Å². The number of halogens is 2. The molecule has 36 heavy (non-hydrogen) atoms. The number of hydrogen-bond donors (Lipinski definition) is 1. The quantitative estimate of drug-likeness (QED) is 0.456. The molecule has 0 spiro atoms. The fourth-order valence-corrected chi connectivity index (χ4v) is 4.93. The van der Waals surface area contributed by atoms with Gasteiger partial charge in [0.25, 0.3) is 0 Å². The second-order valence-electron chi connectivity index (χ2n) is 9.50. The van der Waals surface area contributed by atoms with Crippen LogP contribution in [0.25, 0.3) is 0 Å². The lowest BCUT2D eigenvalue weighted by atomic mass is 9.98. The van der Waals surface area contributed by atoms with E-state index in [9.17, 15) is 18.7 Å². The Kier molecular flexibility index (Phi) is 7.30. The Labute approximate surface area is 209 Å². The van der Waals surface area contributed by atoms with Crippen molar-refractivity contribution in [3.63, 3.8) is 0 Å². The first kappa shape index (κ1) is 24.4. The van der Waals surface area contributed by atoms with Crippen molar-refractivity contribution in [2.45, 2.75) is 57.1 Å². The Morgan fingerprint density at radius 2 is 1.56 bits per heavy atom. The van der Waals surface area contributed by atoms with Gasteiger partial charge in [-0.2, -0.15) is 0 Å². The maximum atomic E-state index is 13.5. The van der Waals surface area contributed by atoms with E-state index in [0.717, 1.165) is 16.7 Å². The van der Waals surface area contributed by atoms with Gasteiger partial charge in [-0.05, 0) is 78.8 Å². The van der Waals surface area contributed by atoms with Gasteiger partial charge in [0, 0.05) is 13.0 Å². The molecule has 0 amide bonds. The first-order chi connectivity index (χ1) is 17.4. The molecule has 3 aromatic carbocycles. The third kappa shape index (κ3) is 5.74. The molecule has 0 fully saturated rings. The molecule has 7 heteroatoms. The number of aliphatic hydroxyl groups excluding tert-OH is 1. The van der Waals surface area contributed by atoms with Crippen LogP contribution in [0.1, 0.15) is 36.0 Å². The van der Waals surface area contributed by atoms with Crippen molar-refractivity contribution in [1.29, 1.82) is 0 Å². The molecule has 5 rings (SSSR count). The molecule has 3 aromatic rings. The summed E-state index contributed by atoms with van der Waals surface area (Å²) in [4.78, 5) is 15.0. The summed E-state index contributed by atoms with van der Waals surface area (Å²) in [5.41, 5.74) is 2.56. The van der Waals surface area contributed by atoms with Crippen molar-refractivity contribution in [3.8, 4) is 11.5 Å². The van der Waals surface area contributed by atoms with Crippen LogP contribution in [0.5, 0.6) is 11.5 Å². The molecule has 1 unspecified atom stereocenters. The number of ketones is 1. The number of rotatable bonds is 8. The zero-order valence-corrected chi connectivity index (χ0v) is 19.9. The Bertz CT molecular complexity index is 1220. The van der Waals surface area contributed by atoms with E-state index in [1.165, 1.54) is 24.3 Å². The van der Waals surface area contributed by atoms with Crippen molar-refractivity contribution in [1.82, 2.24) is 4.90 Å². The minimum absolute atomic E-state index is 0.00573. The number of carbonyl (C=O) groups excluding carboxylic acids is 1. The fourth-order valence-electron chi connectivity index (χ4n) is 4.93. The summed E-state index contributed by atoms with van der Waals surface area (Å²) in [6.07, 6.45) is 0.818. The summed E-state index contributed by atoms with van der Waals surface area (Å²) in [5.74, 6) is 0.418. The molecule has 0 aromatic heterocycles. The standard InChI is InChI=1S/C29H29F2NO4/c30-22-8-12-26-20(14-22)6-10-24(35-26)16-29(34)32(17-19-4-2-1-3-5-19)18-25(33)28-11-7-21-15-23(31)9-13-27(21)36-28/h1-5,8-9,12-15,24,28-29,34H,6-7,10-11,16-18H2/t24-,28+,29?/m0/s1. The smallest absolute Gasteiger partial charge is 0.187 e. The zero-order valence-electron chi connectivity index (χ0n) is 19.9. The van der Waals surface area contributed by atoms with Gasteiger partial charge in [-0.3, -0.25) is 9.69 Å². The van der Waals surface area contributed by atoms with Crippen LogP contribution in [0.15, 0.2) is 66.7 Å². The largest absolute Gasteiger partial charge is 0.490 e. The number of aryl methyl sites for hydroxylation is 2. The molecule has 0 radical (unpaired) electrons. The van der Waals surface area contributed by atoms with Gasteiger partial charge in [0.2, 0.25) is 0 Å². The molecular weight excluding hydrogens is 464 g/mol. The molecule has 1 N–H and O–H groups in total. The summed E-state index contributed by atoms with van der Waals surface area (Å²) in [7, 11) is 0. The van der Waals surface area contributed by atoms with Crippen LogP contribution in [0.4, 0.5) is 8.78 Å². The lowest BCUT2D eigenvalue weighted by Gasteiger charge is -2.33. The summed E-state index contributed by atoms with van der Waals surface area (Å²) in [6, 6.07) is 18.5. The van der Waals surface area contributed by atoms with E-state index >= 15 is 0 Å². The number of nitrogens with zero attached hydrogens (tertiary/aromatic N) is 1. The third-order valence-corrected chi connectivity index (χ3v) is 6.86. The Morgan fingerprint density at radius 3 is 2.25 bits per heavy atom. The van der Waals surface area contributed by atoms with E-state index in [1.54, 1.807) is 17.0 Å². The van der Waals surface area contributed by atoms with Crippen LogP contribution in [0.3, 0.4) is 0 Å². The molecule has 5 nitrogen and oxygen atoms in total. The van der Waals surface area contributed by atoms with Crippen LogP contribution in [-0.4, -0.2) is 40.8 Å². The third-order valence-electron chi connectivity index (χ3n) is 6.86. The Balaban J connectivity index is 1.27. The number of fused-ring (bicyclic) bond motifs is 2. The highest BCUT2D eigenvalue weighted by atomic mass is 19.1. The molecule has 3 atom stereocenters. The molecule has 0 saturated carbocycles. The summed E-state index contributed by atoms with van der Waals surface area (Å²) in [5, 5.41) is 11.2. The highest BCUT2D eigenvalue weighted by Gasteiger charge is 2.31. The topological polar surface area (TPSA) is 59.0 Å². The number of aliphatic hydroxyl groups is 1. The van der Waals surface area contributed by atoms with Crippen LogP contribution in [-0.2, 0) is 24.2 Å². The molecule has 0 saturated heterocycles. The summed E-state index contributed by atoms with van der Waals surface area (Å²) in [6.45, 7) is 0.391. The normalized spacial score (nSPS) is 19.6. The van der Waals surface area contributed by atoms with Gasteiger partial charge >= 0.3 is 0 Å². The molecule has 2 heterocycles. The van der Waals surface area contributed by atoms with Gasteiger partial charge in [-0.25, -0.2) is 8.78 Å². The van der Waals surface area contributed by atoms with Crippen molar-refractivity contribution in [2.75, 3.05) is 6.54 Å². The second kappa shape index (κ2) is 10.8. The SMILES string of the molecule is O=C(CN(Cc1ccccc1)C(O)C[C@@H]1CCc2cc(F)ccc2O1)[C@H]1CCc2cc(F)ccc2O1. The van der Waals surface area contributed by atoms with Gasteiger partial charge in [0.1, 0.15) is 35.5 Å². The Hall–Kier alpha value is -3.29. The maximum Gasteiger partial charge on any atom is 0.187 e. The zero-order chi connectivity index (χ0) is 25.1. The van der Waals surface area contributed by atoms with Gasteiger partial charge in [-0.1, -0.05) is 30.3 Å². The minimum Gasteiger partial charge on any atom is -0.490 e. The fraction of sp³-hybridized carbons (Fsp3) is 0.345. The maximum absolute atomic E-state index is 13.5. The van der Waals surface area contributed by atoms with E-state index < -0.39 is 12.3 Å². The molecule has 2 aliphatic heterocycles. The van der Waals surface area contributed by atoms with Crippen molar-refractivity contribution < 1.29 is 28.2 Å². The first-order valence-corrected chi connectivity index (χ1v) is 12.3. The minimum atomic E-state index is -0.925. The van der Waals surface area contributed by atoms with E-state index in [2.05, 4.69) is 0 Å². The average Bonchev–Trinajstić information content (AvgIpc) is 2.88. The molecular formula is C29H29F2NO4. The molecule has 2 aliphatic rings. The lowest BCUT2D eigenvalue weighted by Crippen LogP contribution is -2.45. The molecule has 188 valence electrons. The van der Waals surface area contributed by atoms with E-state index in [-0.39, 0.29) is 30.1 Å². The predicted octanol–water partition coefficient (Wildman–Crippen LogP) is 4.83. The lowest BCUT2D eigenvalue weighted by molar-refractivity contribution is -0.132. The number of Topliss-reactive ketones (excluding diaryl/α,β-unsaturated/α-hetero) is 1. The van der Waals surface area contributed by atoms with Crippen LogP contribution in [0.2, 0.25) is 0 Å². The van der Waals surface area contributed by atoms with Crippen LogP contribution >= 0.6 is 0 Å². The van der Waals surface area contributed by atoms with E-state index in [4.69, 9.17) is 9.47 Å². The van der Waals surface area contributed by atoms with Gasteiger partial charge in [0.05, 0.1) is 6.54 Å². The van der Waals surface area contributed by atoms with E-state index in [1.807, 2.05) is 30.3 Å². The number of benzene rings is 3. The summed E-state index contributed by atoms with van der Waals surface area (Å²) >= 11 is 0. The highest BCUT2D eigenvalue weighted by Crippen LogP contribution is 2.31. The predicted molar refractivity (Wildman–Crippen MR) is 131 cm³/mol. The van der Waals surface area contributed by atoms with Crippen LogP contribution < -0.4 is 9.47 Å². The van der Waals surface area contributed by atoms with Gasteiger partial charge in [-0.15, -0.1) is 0 Å². The summed E-state index contributed by atoms with van der Waals surface area (Å²) < 4.78 is 39.0. The van der Waals surface area contributed by atoms with Crippen molar-refractivity contribution >= 4 is 5.78 Å². The van der Waals surface area contributed by atoms with Gasteiger partial charge in [0.15, 0.2) is 11.9 Å². The van der Waals surface area contributed by atoms with E-state index in [0.29, 0.717) is 50.1 Å². The first-order valence-electron chi connectivity index (χ1n) is 12.3. The number of carbonyl (C=O) groups is 1. The number of ether oxygens (including phenoxy) is 2. The highest BCUT2D eigenvalue weighted by molar-refractivity contribution is 5.85. The monoisotopic (exact) mass is 493 g/mol.